The number of rotatable bonds is 8. The lowest BCUT2D eigenvalue weighted by molar-refractivity contribution is -0.142. The van der Waals surface area contributed by atoms with Gasteiger partial charge in [0, 0.05) is 18.7 Å². The molecule has 0 unspecified atom stereocenters. The van der Waals surface area contributed by atoms with E-state index in [9.17, 15) is 32.3 Å². The number of amides is 2. The van der Waals surface area contributed by atoms with Gasteiger partial charge in [-0.3, -0.25) is 5.32 Å². The number of alkyl halides is 3. The van der Waals surface area contributed by atoms with Crippen molar-refractivity contribution in [1.29, 1.82) is 0 Å². The molecular weight excluding hydrogens is 532 g/mol. The lowest BCUT2D eigenvalue weighted by Gasteiger charge is -2.38. The van der Waals surface area contributed by atoms with E-state index in [0.717, 1.165) is 50.3 Å². The molecule has 0 atom stereocenters. The van der Waals surface area contributed by atoms with E-state index < -0.39 is 35.6 Å². The van der Waals surface area contributed by atoms with Gasteiger partial charge in [0.05, 0.1) is 16.9 Å². The number of carboxylic acids is 1. The van der Waals surface area contributed by atoms with Gasteiger partial charge in [0.15, 0.2) is 5.69 Å². The molecule has 3 N–H and O–H groups in total. The molecule has 2 aromatic carbocycles. The van der Waals surface area contributed by atoms with Crippen LogP contribution in [-0.2, 0) is 6.18 Å². The van der Waals surface area contributed by atoms with Gasteiger partial charge in [0.25, 0.3) is 0 Å². The molecule has 3 aromatic rings. The van der Waals surface area contributed by atoms with Crippen LogP contribution in [0, 0.1) is 11.7 Å². The van der Waals surface area contributed by atoms with Crippen LogP contribution < -0.4 is 15.5 Å². The Kier molecular flexibility index (Phi) is 8.65. The fourth-order valence-electron chi connectivity index (χ4n) is 4.96. The largest absolute Gasteiger partial charge is 0.478 e. The minimum Gasteiger partial charge on any atom is -0.478 e. The first-order valence-corrected chi connectivity index (χ1v) is 13.0. The highest BCUT2D eigenvalue weighted by atomic mass is 19.4. The number of nitrogens with one attached hydrogen (secondary N) is 2. The smallest absolute Gasteiger partial charge is 0.436 e. The van der Waals surface area contributed by atoms with Crippen molar-refractivity contribution in [3.8, 4) is 11.1 Å². The third kappa shape index (κ3) is 6.91. The molecule has 40 heavy (non-hydrogen) atoms. The van der Waals surface area contributed by atoms with Crippen LogP contribution in [0.15, 0.2) is 47.0 Å². The highest BCUT2D eigenvalue weighted by Gasteiger charge is 2.35. The second kappa shape index (κ2) is 12.0. The summed E-state index contributed by atoms with van der Waals surface area (Å²) in [5.41, 5.74) is -0.0436. The number of urea groups is 1. The number of anilines is 3. The quantitative estimate of drug-likeness (QED) is 0.244. The zero-order valence-electron chi connectivity index (χ0n) is 22.0. The third-order valence-corrected chi connectivity index (χ3v) is 6.69. The minimum absolute atomic E-state index is 0.112. The maximum Gasteiger partial charge on any atom is 0.436 e. The Bertz CT molecular complexity index is 1370. The van der Waals surface area contributed by atoms with E-state index >= 15 is 0 Å². The van der Waals surface area contributed by atoms with E-state index in [2.05, 4.69) is 39.1 Å². The van der Waals surface area contributed by atoms with Crippen molar-refractivity contribution in [3.63, 3.8) is 0 Å². The lowest BCUT2D eigenvalue weighted by atomic mass is 9.92. The monoisotopic (exact) mass is 562 g/mol. The Morgan fingerprint density at radius 1 is 1.07 bits per heavy atom. The minimum atomic E-state index is -4.74. The highest BCUT2D eigenvalue weighted by molar-refractivity contribution is 6.03. The number of carboxylic acid groups (broad SMARTS) is 1. The van der Waals surface area contributed by atoms with Gasteiger partial charge in [0.2, 0.25) is 5.88 Å². The summed E-state index contributed by atoms with van der Waals surface area (Å²) in [5.74, 6) is -2.13. The third-order valence-electron chi connectivity index (χ3n) is 6.69. The molecule has 1 fully saturated rings. The molecule has 1 aromatic heterocycles. The van der Waals surface area contributed by atoms with Crippen LogP contribution in [0.3, 0.4) is 0 Å². The Labute approximate surface area is 228 Å². The van der Waals surface area contributed by atoms with Gasteiger partial charge in [-0.25, -0.2) is 14.0 Å². The number of halogens is 4. The molecule has 1 heterocycles. The number of nitrogens with zero attached hydrogens (tertiary/aromatic N) is 2. The van der Waals surface area contributed by atoms with Crippen LogP contribution >= 0.6 is 0 Å². The predicted octanol–water partition coefficient (Wildman–Crippen LogP) is 7.64. The lowest BCUT2D eigenvalue weighted by Crippen LogP contribution is -2.40. The van der Waals surface area contributed by atoms with Crippen LogP contribution in [-0.4, -0.2) is 34.9 Å². The maximum absolute atomic E-state index is 14.2. The molecule has 214 valence electrons. The van der Waals surface area contributed by atoms with E-state index in [1.165, 1.54) is 6.07 Å². The van der Waals surface area contributed by atoms with Crippen LogP contribution in [0.2, 0.25) is 0 Å². The summed E-state index contributed by atoms with van der Waals surface area (Å²) in [6.07, 6.45) is 0.396. The summed E-state index contributed by atoms with van der Waals surface area (Å²) in [6, 6.07) is 8.12. The van der Waals surface area contributed by atoms with Gasteiger partial charge in [-0.1, -0.05) is 44.3 Å². The molecule has 1 aliphatic carbocycles. The van der Waals surface area contributed by atoms with Crippen molar-refractivity contribution in [1.82, 2.24) is 5.16 Å². The van der Waals surface area contributed by atoms with Gasteiger partial charge in [-0.05, 0) is 60.2 Å². The van der Waals surface area contributed by atoms with Gasteiger partial charge >= 0.3 is 18.2 Å². The number of hydrogen-bond acceptors (Lipinski definition) is 5. The zero-order valence-corrected chi connectivity index (χ0v) is 22.0. The van der Waals surface area contributed by atoms with Crippen molar-refractivity contribution in [2.45, 2.75) is 58.2 Å². The molecule has 0 saturated heterocycles. The van der Waals surface area contributed by atoms with E-state index in [-0.39, 0.29) is 28.8 Å². The molecule has 0 spiro atoms. The van der Waals surface area contributed by atoms with E-state index in [1.54, 1.807) is 12.1 Å². The summed E-state index contributed by atoms with van der Waals surface area (Å²) < 4.78 is 57.5. The Hall–Kier alpha value is -4.09. The van der Waals surface area contributed by atoms with Crippen molar-refractivity contribution in [2.75, 3.05) is 22.1 Å². The summed E-state index contributed by atoms with van der Waals surface area (Å²) >= 11 is 0. The van der Waals surface area contributed by atoms with Gasteiger partial charge in [0.1, 0.15) is 5.82 Å². The Balaban J connectivity index is 1.74. The van der Waals surface area contributed by atoms with Crippen molar-refractivity contribution in [2.24, 2.45) is 5.92 Å². The molecular formula is C28H30F4N4O4. The first kappa shape index (κ1) is 28.9. The molecule has 4 rings (SSSR count). The van der Waals surface area contributed by atoms with Crippen LogP contribution in [0.5, 0.6) is 0 Å². The van der Waals surface area contributed by atoms with E-state index in [4.69, 9.17) is 0 Å². The first-order chi connectivity index (χ1) is 18.9. The average molecular weight is 563 g/mol. The fraction of sp³-hybridized carbons (Fsp3) is 0.393. The second-order valence-corrected chi connectivity index (χ2v) is 10.2. The predicted molar refractivity (Wildman–Crippen MR) is 142 cm³/mol. The van der Waals surface area contributed by atoms with Crippen molar-refractivity contribution in [3.05, 3.63) is 59.5 Å². The Morgan fingerprint density at radius 3 is 2.42 bits per heavy atom. The van der Waals surface area contributed by atoms with E-state index in [1.807, 2.05) is 0 Å². The van der Waals surface area contributed by atoms with Crippen LogP contribution in [0.25, 0.3) is 11.1 Å². The summed E-state index contributed by atoms with van der Waals surface area (Å²) in [4.78, 5) is 27.0. The molecule has 0 aliphatic heterocycles. The maximum atomic E-state index is 14.2. The van der Waals surface area contributed by atoms with Crippen molar-refractivity contribution < 1.29 is 36.8 Å². The molecule has 1 aliphatic rings. The normalized spacial score (nSPS) is 14.3. The second-order valence-electron chi connectivity index (χ2n) is 10.2. The number of carbonyl (C=O) groups is 2. The number of aromatic carboxylic acids is 1. The molecule has 0 radical (unpaired) electrons. The molecule has 12 heteroatoms. The Morgan fingerprint density at radius 2 is 1.80 bits per heavy atom. The topological polar surface area (TPSA) is 108 Å². The summed E-state index contributed by atoms with van der Waals surface area (Å²) in [7, 11) is 0. The number of carbonyl (C=O) groups excluding carboxylic acids is 1. The van der Waals surface area contributed by atoms with Crippen LogP contribution in [0.1, 0.15) is 62.0 Å². The standard InChI is InChI=1S/C28H30F4N4O4/c1-16(2)15-36(19-6-4-3-5-7-19)23-11-8-17(21-13-18(29)9-10-20(21)26(37)38)12-22(23)33-27(39)34-25-14-24(35-40-25)28(30,31)32/h8-14,16,19H,3-7,15H2,1-2H3,(H,37,38)(H2,33,34,39). The molecule has 0 bridgehead atoms. The molecule has 8 nitrogen and oxygen atoms in total. The number of hydrogen-bond donors (Lipinski definition) is 3. The van der Waals surface area contributed by atoms with E-state index in [0.29, 0.717) is 23.9 Å². The fourth-order valence-corrected chi connectivity index (χ4v) is 4.96. The van der Waals surface area contributed by atoms with Crippen molar-refractivity contribution >= 4 is 29.3 Å². The van der Waals surface area contributed by atoms with Gasteiger partial charge in [-0.15, -0.1) is 0 Å². The average Bonchev–Trinajstić information content (AvgIpc) is 3.36. The number of aromatic nitrogens is 1. The van der Waals surface area contributed by atoms with Crippen LogP contribution in [0.4, 0.5) is 39.6 Å². The number of benzene rings is 2. The van der Waals surface area contributed by atoms with Gasteiger partial charge < -0.3 is 19.8 Å². The molecule has 1 saturated carbocycles. The SMILES string of the molecule is CC(C)CN(c1ccc(-c2cc(F)ccc2C(=O)O)cc1NC(=O)Nc1cc(C(F)(F)F)no1)C1CCCCC1. The highest BCUT2D eigenvalue weighted by Crippen LogP contribution is 2.37. The van der Waals surface area contributed by atoms with Gasteiger partial charge in [-0.2, -0.15) is 13.2 Å². The zero-order chi connectivity index (χ0) is 29.0. The summed E-state index contributed by atoms with van der Waals surface area (Å²) in [5, 5.41) is 17.5. The molecule has 2 amide bonds. The summed E-state index contributed by atoms with van der Waals surface area (Å²) in [6.45, 7) is 4.80. The first-order valence-electron chi connectivity index (χ1n) is 13.0.